The molecule has 0 saturated carbocycles. The van der Waals surface area contributed by atoms with Crippen LogP contribution in [0.3, 0.4) is 0 Å². The minimum absolute atomic E-state index is 0.0151. The highest BCUT2D eigenvalue weighted by Crippen LogP contribution is 2.47. The predicted octanol–water partition coefficient (Wildman–Crippen LogP) is 5.59. The quantitative estimate of drug-likeness (QED) is 0.469. The molecule has 1 aromatic rings. The molecule has 0 spiro atoms. The molecule has 0 radical (unpaired) electrons. The van der Waals surface area contributed by atoms with Crippen LogP contribution < -0.4 is 0 Å². The molecule has 0 aliphatic carbocycles. The van der Waals surface area contributed by atoms with Gasteiger partial charge in [0, 0.05) is 22.9 Å². The molecule has 2 rings (SSSR count). The number of benzene rings is 1. The van der Waals surface area contributed by atoms with Gasteiger partial charge in [0.1, 0.15) is 0 Å². The number of hydrogen-bond donors (Lipinski definition) is 1. The first-order valence-electron chi connectivity index (χ1n) is 7.98. The summed E-state index contributed by atoms with van der Waals surface area (Å²) in [6.45, 7) is 4.97. The van der Waals surface area contributed by atoms with Crippen molar-refractivity contribution >= 4 is 34.9 Å². The molecular formula is C19H16Cl2F3NO3. The molecular weight excluding hydrogens is 418 g/mol. The number of carboxylic acids is 1. The van der Waals surface area contributed by atoms with E-state index in [1.54, 1.807) is 6.92 Å². The summed E-state index contributed by atoms with van der Waals surface area (Å²) in [7, 11) is 0. The molecule has 0 bridgehead atoms. The zero-order valence-electron chi connectivity index (χ0n) is 14.7. The summed E-state index contributed by atoms with van der Waals surface area (Å²) in [5.41, 5.74) is -2.26. The number of alkyl halides is 4. The van der Waals surface area contributed by atoms with Crippen LogP contribution in [-0.4, -0.2) is 34.4 Å². The molecule has 150 valence electrons. The molecule has 0 fully saturated rings. The van der Waals surface area contributed by atoms with Crippen LogP contribution >= 0.6 is 23.2 Å². The van der Waals surface area contributed by atoms with E-state index in [4.69, 9.17) is 33.1 Å². The minimum Gasteiger partial charge on any atom is -0.478 e. The van der Waals surface area contributed by atoms with Crippen molar-refractivity contribution in [2.24, 2.45) is 5.16 Å². The van der Waals surface area contributed by atoms with Crippen LogP contribution in [0.2, 0.25) is 0 Å². The molecule has 1 unspecified atom stereocenters. The molecule has 9 heteroatoms. The second-order valence-electron chi connectivity index (χ2n) is 6.01. The summed E-state index contributed by atoms with van der Waals surface area (Å²) in [5.74, 6) is -1.33. The van der Waals surface area contributed by atoms with Crippen LogP contribution in [0, 0.1) is 6.92 Å². The van der Waals surface area contributed by atoms with Gasteiger partial charge in [0.2, 0.25) is 0 Å². The zero-order chi connectivity index (χ0) is 21.1. The Labute approximate surface area is 169 Å². The van der Waals surface area contributed by atoms with Crippen molar-refractivity contribution in [1.82, 2.24) is 0 Å². The van der Waals surface area contributed by atoms with Gasteiger partial charge in [-0.2, -0.15) is 13.2 Å². The van der Waals surface area contributed by atoms with E-state index >= 15 is 0 Å². The lowest BCUT2D eigenvalue weighted by Crippen LogP contribution is -2.47. The fourth-order valence-corrected chi connectivity index (χ4v) is 3.06. The fraction of sp³-hybridized carbons (Fsp3) is 0.263. The number of halogens is 5. The maximum Gasteiger partial charge on any atom is 0.435 e. The van der Waals surface area contributed by atoms with E-state index < -0.39 is 24.2 Å². The van der Waals surface area contributed by atoms with Crippen LogP contribution in [0.5, 0.6) is 0 Å². The second kappa shape index (κ2) is 8.41. The number of allylic oxidation sites excluding steroid dienone is 3. The first-order valence-corrected chi connectivity index (χ1v) is 8.89. The molecule has 1 aliphatic heterocycles. The summed E-state index contributed by atoms with van der Waals surface area (Å²) in [6, 6.07) is 4.16. The smallest absolute Gasteiger partial charge is 0.435 e. The monoisotopic (exact) mass is 433 g/mol. The molecule has 4 nitrogen and oxygen atoms in total. The maximum atomic E-state index is 14.0. The lowest BCUT2D eigenvalue weighted by molar-refractivity contribution is -0.251. The Morgan fingerprint density at radius 1 is 1.46 bits per heavy atom. The van der Waals surface area contributed by atoms with E-state index in [1.807, 2.05) is 0 Å². The number of carbonyl (C=O) groups is 1. The van der Waals surface area contributed by atoms with Crippen molar-refractivity contribution in [1.29, 1.82) is 0 Å². The molecule has 1 heterocycles. The first-order chi connectivity index (χ1) is 13.1. The average molecular weight is 434 g/mol. The largest absolute Gasteiger partial charge is 0.478 e. The fourth-order valence-electron chi connectivity index (χ4n) is 2.77. The average Bonchev–Trinajstić information content (AvgIpc) is 3.07. The van der Waals surface area contributed by atoms with Gasteiger partial charge in [-0.25, -0.2) is 4.79 Å². The van der Waals surface area contributed by atoms with Crippen molar-refractivity contribution < 1.29 is 27.9 Å². The minimum atomic E-state index is -4.82. The van der Waals surface area contributed by atoms with Gasteiger partial charge in [-0.15, -0.1) is 11.6 Å². The van der Waals surface area contributed by atoms with Gasteiger partial charge < -0.3 is 9.94 Å². The molecule has 0 saturated heterocycles. The van der Waals surface area contributed by atoms with Gasteiger partial charge in [-0.05, 0) is 36.3 Å². The van der Waals surface area contributed by atoms with E-state index in [0.29, 0.717) is 11.1 Å². The summed E-state index contributed by atoms with van der Waals surface area (Å²) in [4.78, 5) is 16.1. The first kappa shape index (κ1) is 22.0. The van der Waals surface area contributed by atoms with E-state index in [2.05, 4.69) is 11.7 Å². The van der Waals surface area contributed by atoms with Crippen molar-refractivity contribution in [3.8, 4) is 0 Å². The molecule has 28 heavy (non-hydrogen) atoms. The number of hydrogen-bond acceptors (Lipinski definition) is 3. The second-order valence-corrected chi connectivity index (χ2v) is 6.76. The lowest BCUT2D eigenvalue weighted by Gasteiger charge is -2.30. The van der Waals surface area contributed by atoms with Gasteiger partial charge >= 0.3 is 12.1 Å². The predicted molar refractivity (Wildman–Crippen MR) is 102 cm³/mol. The number of carboxylic acid groups (broad SMARTS) is 1. The van der Waals surface area contributed by atoms with E-state index in [-0.39, 0.29) is 27.8 Å². The van der Waals surface area contributed by atoms with Gasteiger partial charge in [0.15, 0.2) is 0 Å². The zero-order valence-corrected chi connectivity index (χ0v) is 16.2. The van der Waals surface area contributed by atoms with E-state index in [1.165, 1.54) is 24.3 Å². The maximum absolute atomic E-state index is 14.0. The van der Waals surface area contributed by atoms with Crippen molar-refractivity contribution in [3.63, 3.8) is 0 Å². The Morgan fingerprint density at radius 2 is 2.14 bits per heavy atom. The summed E-state index contributed by atoms with van der Waals surface area (Å²) in [6.07, 6.45) is -2.01. The van der Waals surface area contributed by atoms with Gasteiger partial charge in [-0.3, -0.25) is 0 Å². The third-order valence-electron chi connectivity index (χ3n) is 4.23. The van der Waals surface area contributed by atoms with Gasteiger partial charge in [-0.1, -0.05) is 41.6 Å². The third-order valence-corrected chi connectivity index (χ3v) is 4.65. The number of rotatable bonds is 6. The highest BCUT2D eigenvalue weighted by atomic mass is 35.5. The highest BCUT2D eigenvalue weighted by molar-refractivity contribution is 6.31. The molecule has 1 aliphatic rings. The normalized spacial score (nSPS) is 20.6. The number of oxime groups is 1. The molecule has 1 atom stereocenters. The SMILES string of the molecule is C=C/C(Cl)=C\C(=C/CCl)C1(C(F)(F)F)CC(c2ccc(C(=O)O)c(C)c2)=NO1. The van der Waals surface area contributed by atoms with Crippen LogP contribution in [0.25, 0.3) is 0 Å². The van der Waals surface area contributed by atoms with Gasteiger partial charge in [0.25, 0.3) is 5.60 Å². The van der Waals surface area contributed by atoms with Crippen LogP contribution in [0.4, 0.5) is 13.2 Å². The van der Waals surface area contributed by atoms with Crippen molar-refractivity contribution in [2.45, 2.75) is 25.1 Å². The van der Waals surface area contributed by atoms with Crippen LogP contribution in [-0.2, 0) is 4.84 Å². The molecule has 1 aromatic carbocycles. The Kier molecular flexibility index (Phi) is 6.62. The number of aromatic carboxylic acids is 1. The molecule has 0 amide bonds. The standard InChI is InChI=1S/C19H16Cl2F3NO3/c1-3-14(21)9-13(6-7-20)18(19(22,23)24)10-16(25-28-18)12-4-5-15(17(26)27)11(2)8-12/h3-6,8-9H,1,7,10H2,2H3,(H,26,27)/b13-6+,14-9+. The van der Waals surface area contributed by atoms with Crippen molar-refractivity contribution in [3.05, 3.63) is 70.3 Å². The summed E-state index contributed by atoms with van der Waals surface area (Å²) in [5, 5.41) is 12.7. The van der Waals surface area contributed by atoms with E-state index in [0.717, 1.165) is 12.2 Å². The van der Waals surface area contributed by atoms with Crippen LogP contribution in [0.1, 0.15) is 27.9 Å². The lowest BCUT2D eigenvalue weighted by atomic mass is 9.85. The van der Waals surface area contributed by atoms with E-state index in [9.17, 15) is 18.0 Å². The summed E-state index contributed by atoms with van der Waals surface area (Å²) < 4.78 is 42.1. The highest BCUT2D eigenvalue weighted by Gasteiger charge is 2.62. The summed E-state index contributed by atoms with van der Waals surface area (Å²) >= 11 is 11.5. The van der Waals surface area contributed by atoms with Crippen molar-refractivity contribution in [2.75, 3.05) is 5.88 Å². The van der Waals surface area contributed by atoms with Gasteiger partial charge in [0.05, 0.1) is 11.3 Å². The Hall–Kier alpha value is -2.25. The third kappa shape index (κ3) is 4.25. The Bertz CT molecular complexity index is 891. The Morgan fingerprint density at radius 3 is 2.64 bits per heavy atom. The number of nitrogens with zero attached hydrogens (tertiary/aromatic N) is 1. The molecule has 1 N–H and O–H groups in total. The number of aryl methyl sites for hydroxylation is 1. The van der Waals surface area contributed by atoms with Crippen LogP contribution in [0.15, 0.2) is 58.8 Å². The Balaban J connectivity index is 2.49. The topological polar surface area (TPSA) is 58.9 Å². The molecule has 0 aromatic heterocycles.